The molecule has 0 saturated carbocycles. The second kappa shape index (κ2) is 6.24. The second-order valence-corrected chi connectivity index (χ2v) is 6.16. The lowest BCUT2D eigenvalue weighted by atomic mass is 10.3. The molecule has 0 unspecified atom stereocenters. The first-order chi connectivity index (χ1) is 11.8. The zero-order valence-electron chi connectivity index (χ0n) is 13.4. The van der Waals surface area contributed by atoms with Crippen LogP contribution in [0.3, 0.4) is 0 Å². The summed E-state index contributed by atoms with van der Waals surface area (Å²) in [4.78, 5) is 13.5. The highest BCUT2D eigenvalue weighted by atomic mass is 35.5. The molecular formula is C16H18ClN7. The molecule has 124 valence electrons. The van der Waals surface area contributed by atoms with Crippen LogP contribution in [0, 0.1) is 0 Å². The van der Waals surface area contributed by atoms with E-state index in [0.29, 0.717) is 5.02 Å². The molecule has 3 aromatic rings. The fourth-order valence-electron chi connectivity index (χ4n) is 3.03. The van der Waals surface area contributed by atoms with Gasteiger partial charge in [-0.25, -0.2) is 9.97 Å². The SMILES string of the molecule is CCc1nnc2c(N3CCN(c4ccc(Cl)cn4)CC3)nccn12. The third-order valence-corrected chi connectivity index (χ3v) is 4.53. The first-order valence-corrected chi connectivity index (χ1v) is 8.44. The van der Waals surface area contributed by atoms with Crippen molar-refractivity contribution in [2.24, 2.45) is 0 Å². The van der Waals surface area contributed by atoms with Crippen LogP contribution in [0.4, 0.5) is 11.6 Å². The molecule has 0 aliphatic carbocycles. The van der Waals surface area contributed by atoms with Crippen molar-refractivity contribution in [1.82, 2.24) is 24.6 Å². The summed E-state index contributed by atoms with van der Waals surface area (Å²) in [6.45, 7) is 5.57. The van der Waals surface area contributed by atoms with Crippen molar-refractivity contribution >= 4 is 28.9 Å². The van der Waals surface area contributed by atoms with E-state index in [9.17, 15) is 0 Å². The van der Waals surface area contributed by atoms with Crippen LogP contribution in [0.5, 0.6) is 0 Å². The van der Waals surface area contributed by atoms with Gasteiger partial charge in [-0.05, 0) is 12.1 Å². The van der Waals surface area contributed by atoms with Crippen LogP contribution in [0.1, 0.15) is 12.7 Å². The minimum absolute atomic E-state index is 0.659. The smallest absolute Gasteiger partial charge is 0.203 e. The number of aryl methyl sites for hydroxylation is 1. The summed E-state index contributed by atoms with van der Waals surface area (Å²) in [6.07, 6.45) is 6.28. The van der Waals surface area contributed by atoms with Gasteiger partial charge >= 0.3 is 0 Å². The maximum absolute atomic E-state index is 5.91. The fraction of sp³-hybridized carbons (Fsp3) is 0.375. The number of halogens is 1. The number of piperazine rings is 1. The Hall–Kier alpha value is -2.41. The van der Waals surface area contributed by atoms with Gasteiger partial charge in [-0.3, -0.25) is 4.40 Å². The van der Waals surface area contributed by atoms with Crippen LogP contribution in [-0.4, -0.2) is 50.7 Å². The van der Waals surface area contributed by atoms with Crippen molar-refractivity contribution in [2.45, 2.75) is 13.3 Å². The Labute approximate surface area is 144 Å². The number of nitrogens with zero attached hydrogens (tertiary/aromatic N) is 7. The molecule has 1 fully saturated rings. The van der Waals surface area contributed by atoms with E-state index in [1.165, 1.54) is 0 Å². The van der Waals surface area contributed by atoms with E-state index in [0.717, 1.165) is 55.7 Å². The average Bonchev–Trinajstić information content (AvgIpc) is 3.06. The molecule has 4 rings (SSSR count). The number of fused-ring (bicyclic) bond motifs is 1. The molecule has 4 heterocycles. The lowest BCUT2D eigenvalue weighted by Crippen LogP contribution is -2.47. The second-order valence-electron chi connectivity index (χ2n) is 5.72. The van der Waals surface area contributed by atoms with Gasteiger partial charge in [0.05, 0.1) is 5.02 Å². The zero-order chi connectivity index (χ0) is 16.5. The van der Waals surface area contributed by atoms with Gasteiger partial charge in [-0.15, -0.1) is 10.2 Å². The Bertz CT molecular complexity index is 837. The predicted molar refractivity (Wildman–Crippen MR) is 93.8 cm³/mol. The minimum Gasteiger partial charge on any atom is -0.353 e. The Morgan fingerprint density at radius 2 is 1.83 bits per heavy atom. The third-order valence-electron chi connectivity index (χ3n) is 4.31. The van der Waals surface area contributed by atoms with Crippen LogP contribution in [0.15, 0.2) is 30.7 Å². The van der Waals surface area contributed by atoms with Crippen molar-refractivity contribution in [2.75, 3.05) is 36.0 Å². The Kier molecular flexibility index (Phi) is 3.93. The van der Waals surface area contributed by atoms with Gasteiger partial charge in [0.1, 0.15) is 11.6 Å². The van der Waals surface area contributed by atoms with Crippen molar-refractivity contribution in [3.8, 4) is 0 Å². The van der Waals surface area contributed by atoms with Crippen molar-refractivity contribution in [3.05, 3.63) is 41.6 Å². The number of rotatable bonds is 3. The molecule has 0 aromatic carbocycles. The maximum Gasteiger partial charge on any atom is 0.203 e. The van der Waals surface area contributed by atoms with E-state index in [1.54, 1.807) is 6.20 Å². The highest BCUT2D eigenvalue weighted by Crippen LogP contribution is 2.22. The summed E-state index contributed by atoms with van der Waals surface area (Å²) in [5.41, 5.74) is 0.826. The normalized spacial score (nSPS) is 15.2. The molecule has 0 bridgehead atoms. The molecular weight excluding hydrogens is 326 g/mol. The maximum atomic E-state index is 5.91. The monoisotopic (exact) mass is 343 g/mol. The van der Waals surface area contributed by atoms with Crippen LogP contribution < -0.4 is 9.80 Å². The molecule has 0 amide bonds. The van der Waals surface area contributed by atoms with Crippen LogP contribution in [0.2, 0.25) is 5.02 Å². The summed E-state index contributed by atoms with van der Waals surface area (Å²) in [6, 6.07) is 3.84. The molecule has 8 heteroatoms. The third kappa shape index (κ3) is 2.65. The van der Waals surface area contributed by atoms with E-state index in [-0.39, 0.29) is 0 Å². The van der Waals surface area contributed by atoms with Crippen molar-refractivity contribution in [1.29, 1.82) is 0 Å². The number of hydrogen-bond donors (Lipinski definition) is 0. The molecule has 0 atom stereocenters. The van der Waals surface area contributed by atoms with Gasteiger partial charge in [0.15, 0.2) is 5.82 Å². The topological polar surface area (TPSA) is 62.5 Å². The molecule has 1 saturated heterocycles. The predicted octanol–water partition coefficient (Wildman–Crippen LogP) is 2.06. The zero-order valence-corrected chi connectivity index (χ0v) is 14.2. The average molecular weight is 344 g/mol. The number of aromatic nitrogens is 5. The highest BCUT2D eigenvalue weighted by molar-refractivity contribution is 6.30. The van der Waals surface area contributed by atoms with E-state index in [2.05, 4.69) is 36.9 Å². The molecule has 0 N–H and O–H groups in total. The van der Waals surface area contributed by atoms with Crippen LogP contribution in [0.25, 0.3) is 5.65 Å². The number of pyridine rings is 1. The van der Waals surface area contributed by atoms with E-state index in [1.807, 2.05) is 28.9 Å². The molecule has 1 aliphatic rings. The van der Waals surface area contributed by atoms with Gasteiger partial charge in [0.2, 0.25) is 5.65 Å². The number of hydrogen-bond acceptors (Lipinski definition) is 6. The van der Waals surface area contributed by atoms with Crippen molar-refractivity contribution < 1.29 is 0 Å². The summed E-state index contributed by atoms with van der Waals surface area (Å²) in [7, 11) is 0. The molecule has 0 radical (unpaired) electrons. The lowest BCUT2D eigenvalue weighted by Gasteiger charge is -2.35. The summed E-state index contributed by atoms with van der Waals surface area (Å²) < 4.78 is 2.02. The Morgan fingerprint density at radius 3 is 2.54 bits per heavy atom. The molecule has 1 aliphatic heterocycles. The van der Waals surface area contributed by atoms with Gasteiger partial charge < -0.3 is 9.80 Å². The van der Waals surface area contributed by atoms with E-state index >= 15 is 0 Å². The van der Waals surface area contributed by atoms with Gasteiger partial charge in [0.25, 0.3) is 0 Å². The standard InChI is InChI=1S/C16H18ClN7/c1-2-13-20-21-16-15(18-5-6-24(13)16)23-9-7-22(8-10-23)14-4-3-12(17)11-19-14/h3-6,11H,2,7-10H2,1H3. The van der Waals surface area contributed by atoms with Gasteiger partial charge in [0, 0.05) is 51.2 Å². The largest absolute Gasteiger partial charge is 0.353 e. The summed E-state index contributed by atoms with van der Waals surface area (Å²) in [5, 5.41) is 9.23. The number of anilines is 2. The first kappa shape index (κ1) is 15.1. The van der Waals surface area contributed by atoms with E-state index in [4.69, 9.17) is 11.6 Å². The van der Waals surface area contributed by atoms with Gasteiger partial charge in [-0.1, -0.05) is 18.5 Å². The minimum atomic E-state index is 0.659. The highest BCUT2D eigenvalue weighted by Gasteiger charge is 2.22. The Morgan fingerprint density at radius 1 is 1.04 bits per heavy atom. The molecule has 24 heavy (non-hydrogen) atoms. The lowest BCUT2D eigenvalue weighted by molar-refractivity contribution is 0.641. The first-order valence-electron chi connectivity index (χ1n) is 8.06. The molecule has 7 nitrogen and oxygen atoms in total. The molecule has 0 spiro atoms. The van der Waals surface area contributed by atoms with Gasteiger partial charge in [-0.2, -0.15) is 0 Å². The van der Waals surface area contributed by atoms with Crippen LogP contribution >= 0.6 is 11.6 Å². The van der Waals surface area contributed by atoms with Crippen molar-refractivity contribution in [3.63, 3.8) is 0 Å². The fourth-order valence-corrected chi connectivity index (χ4v) is 3.14. The quantitative estimate of drug-likeness (QED) is 0.725. The Balaban J connectivity index is 1.54. The summed E-state index contributed by atoms with van der Waals surface area (Å²) >= 11 is 5.91. The van der Waals surface area contributed by atoms with E-state index < -0.39 is 0 Å². The van der Waals surface area contributed by atoms with Crippen LogP contribution in [-0.2, 0) is 6.42 Å². The molecule has 3 aromatic heterocycles. The summed E-state index contributed by atoms with van der Waals surface area (Å²) in [5.74, 6) is 2.81.